The Kier molecular flexibility index (Phi) is 5.48. The van der Waals surface area contributed by atoms with E-state index in [-0.39, 0.29) is 18.2 Å². The minimum absolute atomic E-state index is 0.111. The topological polar surface area (TPSA) is 82.0 Å². The highest BCUT2D eigenvalue weighted by atomic mass is 16.2. The van der Waals surface area contributed by atoms with Gasteiger partial charge in [0.1, 0.15) is 0 Å². The van der Waals surface area contributed by atoms with E-state index in [4.69, 9.17) is 5.26 Å². The summed E-state index contributed by atoms with van der Waals surface area (Å²) in [6, 6.07) is 17.6. The normalized spacial score (nSPS) is 11.1. The number of benzene rings is 2. The Bertz CT molecular complexity index is 735. The summed E-state index contributed by atoms with van der Waals surface area (Å²) in [5, 5.41) is 14.4. The Labute approximate surface area is 134 Å². The second kappa shape index (κ2) is 7.76. The summed E-state index contributed by atoms with van der Waals surface area (Å²) in [6.45, 7) is 1.42. The van der Waals surface area contributed by atoms with E-state index in [2.05, 4.69) is 10.6 Å². The van der Waals surface area contributed by atoms with Crippen molar-refractivity contribution in [1.29, 1.82) is 5.26 Å². The second-order valence-corrected chi connectivity index (χ2v) is 5.11. The molecule has 0 bridgehead atoms. The van der Waals surface area contributed by atoms with E-state index < -0.39 is 6.04 Å². The molecule has 0 aliphatic carbocycles. The highest BCUT2D eigenvalue weighted by Gasteiger charge is 2.17. The number of anilines is 1. The Morgan fingerprint density at radius 3 is 2.52 bits per heavy atom. The van der Waals surface area contributed by atoms with Crippen LogP contribution in [0.15, 0.2) is 54.6 Å². The molecule has 0 unspecified atom stereocenters. The van der Waals surface area contributed by atoms with Gasteiger partial charge in [-0.2, -0.15) is 5.26 Å². The molecule has 116 valence electrons. The second-order valence-electron chi connectivity index (χ2n) is 5.11. The third kappa shape index (κ3) is 4.97. The fourth-order valence-corrected chi connectivity index (χ4v) is 2.25. The van der Waals surface area contributed by atoms with E-state index in [9.17, 15) is 9.59 Å². The lowest BCUT2D eigenvalue weighted by Gasteiger charge is -2.18. The monoisotopic (exact) mass is 307 g/mol. The molecule has 2 amide bonds. The van der Waals surface area contributed by atoms with E-state index in [0.29, 0.717) is 11.3 Å². The first-order valence-corrected chi connectivity index (χ1v) is 7.20. The SMILES string of the molecule is CC(=O)N[C@H](CC(=O)Nc1cccc(C#N)c1)c1ccccc1. The molecule has 2 rings (SSSR count). The Hall–Kier alpha value is -3.13. The molecular weight excluding hydrogens is 290 g/mol. The van der Waals surface area contributed by atoms with Gasteiger partial charge < -0.3 is 10.6 Å². The van der Waals surface area contributed by atoms with Crippen LogP contribution >= 0.6 is 0 Å². The maximum absolute atomic E-state index is 12.2. The number of hydrogen-bond donors (Lipinski definition) is 2. The molecular formula is C18H17N3O2. The molecule has 0 radical (unpaired) electrons. The molecule has 2 N–H and O–H groups in total. The number of nitriles is 1. The van der Waals surface area contributed by atoms with Crippen molar-refractivity contribution in [3.05, 3.63) is 65.7 Å². The summed E-state index contributed by atoms with van der Waals surface area (Å²) in [4.78, 5) is 23.6. The first-order valence-electron chi connectivity index (χ1n) is 7.20. The predicted molar refractivity (Wildman–Crippen MR) is 87.4 cm³/mol. The van der Waals surface area contributed by atoms with Crippen LogP contribution in [-0.4, -0.2) is 11.8 Å². The van der Waals surface area contributed by atoms with Crippen molar-refractivity contribution in [2.75, 3.05) is 5.32 Å². The van der Waals surface area contributed by atoms with Crippen molar-refractivity contribution in [1.82, 2.24) is 5.32 Å². The lowest BCUT2D eigenvalue weighted by atomic mass is 10.0. The van der Waals surface area contributed by atoms with Crippen molar-refractivity contribution in [3.63, 3.8) is 0 Å². The number of hydrogen-bond acceptors (Lipinski definition) is 3. The van der Waals surface area contributed by atoms with Crippen LogP contribution in [0.25, 0.3) is 0 Å². The zero-order valence-electron chi connectivity index (χ0n) is 12.7. The first kappa shape index (κ1) is 16.2. The van der Waals surface area contributed by atoms with E-state index in [0.717, 1.165) is 5.56 Å². The molecule has 0 heterocycles. The van der Waals surface area contributed by atoms with Gasteiger partial charge in [-0.1, -0.05) is 36.4 Å². The summed E-state index contributed by atoms with van der Waals surface area (Å²) in [5.74, 6) is -0.430. The van der Waals surface area contributed by atoms with Gasteiger partial charge in [0, 0.05) is 12.6 Å². The first-order chi connectivity index (χ1) is 11.1. The highest BCUT2D eigenvalue weighted by molar-refractivity contribution is 5.91. The number of amides is 2. The van der Waals surface area contributed by atoms with Crippen LogP contribution < -0.4 is 10.6 Å². The Morgan fingerprint density at radius 2 is 1.87 bits per heavy atom. The average Bonchev–Trinajstić information content (AvgIpc) is 2.54. The molecule has 2 aromatic carbocycles. The molecule has 0 aromatic heterocycles. The van der Waals surface area contributed by atoms with Gasteiger partial charge >= 0.3 is 0 Å². The van der Waals surface area contributed by atoms with Crippen LogP contribution in [-0.2, 0) is 9.59 Å². The quantitative estimate of drug-likeness (QED) is 0.891. The fourth-order valence-electron chi connectivity index (χ4n) is 2.25. The predicted octanol–water partition coefficient (Wildman–Crippen LogP) is 2.76. The molecule has 0 aliphatic heterocycles. The van der Waals surface area contributed by atoms with Gasteiger partial charge in [0.25, 0.3) is 0 Å². The minimum atomic E-state index is -0.396. The molecule has 1 atom stereocenters. The Balaban J connectivity index is 2.08. The zero-order valence-corrected chi connectivity index (χ0v) is 12.7. The number of carbonyl (C=O) groups excluding carboxylic acids is 2. The number of nitrogens with one attached hydrogen (secondary N) is 2. The van der Waals surface area contributed by atoms with Crippen LogP contribution in [0.5, 0.6) is 0 Å². The summed E-state index contributed by atoms with van der Waals surface area (Å²) in [7, 11) is 0. The maximum atomic E-state index is 12.2. The van der Waals surface area contributed by atoms with Crippen molar-refractivity contribution < 1.29 is 9.59 Å². The number of carbonyl (C=O) groups is 2. The van der Waals surface area contributed by atoms with E-state index in [1.54, 1.807) is 24.3 Å². The van der Waals surface area contributed by atoms with E-state index >= 15 is 0 Å². The zero-order chi connectivity index (χ0) is 16.7. The van der Waals surface area contributed by atoms with Gasteiger partial charge in [0.05, 0.1) is 24.1 Å². The highest BCUT2D eigenvalue weighted by Crippen LogP contribution is 2.18. The van der Waals surface area contributed by atoms with E-state index in [1.807, 2.05) is 36.4 Å². The van der Waals surface area contributed by atoms with Crippen LogP contribution in [0.1, 0.15) is 30.5 Å². The van der Waals surface area contributed by atoms with Crippen molar-refractivity contribution in [2.45, 2.75) is 19.4 Å². The van der Waals surface area contributed by atoms with Gasteiger partial charge in [-0.15, -0.1) is 0 Å². The fraction of sp³-hybridized carbons (Fsp3) is 0.167. The molecule has 0 fully saturated rings. The van der Waals surface area contributed by atoms with Crippen LogP contribution in [0.2, 0.25) is 0 Å². The standard InChI is InChI=1S/C18H17N3O2/c1-13(22)20-17(15-7-3-2-4-8-15)11-18(23)21-16-9-5-6-14(10-16)12-19/h2-10,17H,11H2,1H3,(H,20,22)(H,21,23)/t17-/m1/s1. The van der Waals surface area contributed by atoms with E-state index in [1.165, 1.54) is 6.92 Å². The van der Waals surface area contributed by atoms with Gasteiger partial charge in [0.15, 0.2) is 0 Å². The molecule has 5 nitrogen and oxygen atoms in total. The Morgan fingerprint density at radius 1 is 1.13 bits per heavy atom. The molecule has 0 saturated heterocycles. The molecule has 23 heavy (non-hydrogen) atoms. The van der Waals surface area contributed by atoms with Gasteiger partial charge in [-0.05, 0) is 23.8 Å². The van der Waals surface area contributed by atoms with Crippen LogP contribution in [0, 0.1) is 11.3 Å². The molecule has 0 saturated carbocycles. The summed E-state index contributed by atoms with van der Waals surface area (Å²) >= 11 is 0. The maximum Gasteiger partial charge on any atom is 0.226 e. The van der Waals surface area contributed by atoms with Crippen molar-refractivity contribution >= 4 is 17.5 Å². The van der Waals surface area contributed by atoms with Crippen LogP contribution in [0.4, 0.5) is 5.69 Å². The minimum Gasteiger partial charge on any atom is -0.349 e. The van der Waals surface area contributed by atoms with Gasteiger partial charge in [0.2, 0.25) is 11.8 Å². The third-order valence-electron chi connectivity index (χ3n) is 3.24. The molecule has 0 aliphatic rings. The summed E-state index contributed by atoms with van der Waals surface area (Å²) in [6.07, 6.45) is 0.111. The van der Waals surface area contributed by atoms with Crippen molar-refractivity contribution in [3.8, 4) is 6.07 Å². The summed E-state index contributed by atoms with van der Waals surface area (Å²) < 4.78 is 0. The smallest absolute Gasteiger partial charge is 0.226 e. The van der Waals surface area contributed by atoms with Crippen molar-refractivity contribution in [2.24, 2.45) is 0 Å². The molecule has 2 aromatic rings. The van der Waals surface area contributed by atoms with Gasteiger partial charge in [-0.3, -0.25) is 9.59 Å². The van der Waals surface area contributed by atoms with Crippen LogP contribution in [0.3, 0.4) is 0 Å². The molecule has 5 heteroatoms. The molecule has 0 spiro atoms. The van der Waals surface area contributed by atoms with Gasteiger partial charge in [-0.25, -0.2) is 0 Å². The number of rotatable bonds is 5. The average molecular weight is 307 g/mol. The number of nitrogens with zero attached hydrogens (tertiary/aromatic N) is 1. The largest absolute Gasteiger partial charge is 0.349 e. The summed E-state index contributed by atoms with van der Waals surface area (Å²) in [5.41, 5.74) is 1.90. The lowest BCUT2D eigenvalue weighted by Crippen LogP contribution is -2.29. The lowest BCUT2D eigenvalue weighted by molar-refractivity contribution is -0.120. The third-order valence-corrected chi connectivity index (χ3v) is 3.24.